The zero-order valence-electron chi connectivity index (χ0n) is 15.3. The third-order valence-corrected chi connectivity index (χ3v) is 6.04. The van der Waals surface area contributed by atoms with E-state index in [4.69, 9.17) is 4.74 Å². The van der Waals surface area contributed by atoms with Crippen LogP contribution >= 0.6 is 0 Å². The molecule has 0 fully saturated rings. The molecular weight excluding hydrogens is 328 g/mol. The van der Waals surface area contributed by atoms with Crippen LogP contribution in [0.4, 0.5) is 0 Å². The summed E-state index contributed by atoms with van der Waals surface area (Å²) >= 11 is 0. The quantitative estimate of drug-likeness (QED) is 0.417. The lowest BCUT2D eigenvalue weighted by molar-refractivity contribution is -0.145. The van der Waals surface area contributed by atoms with Gasteiger partial charge in [-0.1, -0.05) is 51.9 Å². The number of hydrogen-bond donors (Lipinski definition) is 0. The average molecular weight is 361 g/mol. The summed E-state index contributed by atoms with van der Waals surface area (Å²) in [5, 5.41) is 4.11. The van der Waals surface area contributed by atoms with Gasteiger partial charge in [0.25, 0.3) is 10.0 Å². The molecule has 1 rings (SSSR count). The number of rotatable bonds is 11. The van der Waals surface area contributed by atoms with Crippen LogP contribution < -0.4 is 0 Å². The van der Waals surface area contributed by atoms with E-state index in [2.05, 4.69) is 12.0 Å². The van der Waals surface area contributed by atoms with Gasteiger partial charge in [-0.05, 0) is 26.2 Å². The van der Waals surface area contributed by atoms with Crippen molar-refractivity contribution in [1.29, 1.82) is 0 Å². The van der Waals surface area contributed by atoms with Crippen molar-refractivity contribution in [3.8, 4) is 0 Å². The first-order valence-corrected chi connectivity index (χ1v) is 10.7. The Balaban J connectivity index is 2.47. The minimum atomic E-state index is -3.58. The van der Waals surface area contributed by atoms with E-state index in [-0.39, 0.29) is 5.75 Å². The average Bonchev–Trinajstić information content (AvgIpc) is 2.56. The summed E-state index contributed by atoms with van der Waals surface area (Å²) in [6, 6.07) is -0.822. The number of carbonyl (C=O) groups excluding carboxylic acids is 1. The molecule has 1 atom stereocenters. The first-order chi connectivity index (χ1) is 11.4. The topological polar surface area (TPSA) is 76.0 Å². The highest BCUT2D eigenvalue weighted by Crippen LogP contribution is 2.22. The van der Waals surface area contributed by atoms with Crippen LogP contribution in [0.25, 0.3) is 0 Å². The summed E-state index contributed by atoms with van der Waals surface area (Å²) in [6.45, 7) is 3.98. The molecule has 0 aromatic heterocycles. The molecule has 0 aromatic carbocycles. The fourth-order valence-corrected chi connectivity index (χ4v) is 4.45. The maximum Gasteiger partial charge on any atom is 0.331 e. The number of hydrogen-bond acceptors (Lipinski definition) is 5. The van der Waals surface area contributed by atoms with E-state index in [0.29, 0.717) is 19.3 Å². The molecule has 0 bridgehead atoms. The number of carbonyl (C=O) groups is 1. The van der Waals surface area contributed by atoms with Crippen LogP contribution in [-0.2, 0) is 19.6 Å². The largest absolute Gasteiger partial charge is 0.467 e. The van der Waals surface area contributed by atoms with Crippen molar-refractivity contribution in [2.75, 3.05) is 12.9 Å². The standard InChI is InChI=1S/C17H32N2O4S/c1-4-5-6-7-8-9-10-11-14-24(21,22)19-16(17(20)23-3)13-12-15(2)18-19/h16H,4-14H2,1-3H3. The lowest BCUT2D eigenvalue weighted by Gasteiger charge is -2.30. The van der Waals surface area contributed by atoms with E-state index in [1.165, 1.54) is 32.8 Å². The van der Waals surface area contributed by atoms with E-state index in [9.17, 15) is 13.2 Å². The maximum absolute atomic E-state index is 12.5. The van der Waals surface area contributed by atoms with Gasteiger partial charge in [0.05, 0.1) is 12.9 Å². The highest BCUT2D eigenvalue weighted by molar-refractivity contribution is 7.89. The molecule has 0 N–H and O–H groups in total. The Labute approximate surface area is 146 Å². The Hall–Kier alpha value is -1.11. The van der Waals surface area contributed by atoms with Crippen LogP contribution in [0.15, 0.2) is 5.10 Å². The van der Waals surface area contributed by atoms with Crippen molar-refractivity contribution in [1.82, 2.24) is 4.41 Å². The second kappa shape index (κ2) is 10.7. The highest BCUT2D eigenvalue weighted by atomic mass is 32.2. The summed E-state index contributed by atoms with van der Waals surface area (Å²) in [5.41, 5.74) is 0.731. The van der Waals surface area contributed by atoms with Crippen molar-refractivity contribution in [3.05, 3.63) is 0 Å². The molecule has 0 aromatic rings. The van der Waals surface area contributed by atoms with Crippen LogP contribution in [0.2, 0.25) is 0 Å². The van der Waals surface area contributed by atoms with Crippen LogP contribution in [0.1, 0.15) is 78.1 Å². The van der Waals surface area contributed by atoms with Crippen LogP contribution in [0, 0.1) is 0 Å². The molecule has 0 radical (unpaired) electrons. The number of methoxy groups -OCH3 is 1. The summed E-state index contributed by atoms with van der Waals surface area (Å²) in [6.07, 6.45) is 9.75. The Morgan fingerprint density at radius 1 is 1.17 bits per heavy atom. The molecule has 0 aliphatic carbocycles. The number of sulfonamides is 1. The maximum atomic E-state index is 12.5. The van der Waals surface area contributed by atoms with E-state index in [1.807, 2.05) is 0 Å². The minimum Gasteiger partial charge on any atom is -0.467 e. The highest BCUT2D eigenvalue weighted by Gasteiger charge is 2.36. The Bertz CT molecular complexity index is 517. The number of ether oxygens (including phenoxy) is 1. The van der Waals surface area contributed by atoms with Gasteiger partial charge in [-0.25, -0.2) is 13.2 Å². The van der Waals surface area contributed by atoms with E-state index in [1.54, 1.807) is 6.92 Å². The molecule has 0 spiro atoms. The molecule has 1 heterocycles. The predicted octanol–water partition coefficient (Wildman–Crippen LogP) is 3.47. The smallest absolute Gasteiger partial charge is 0.331 e. The molecule has 0 saturated heterocycles. The van der Waals surface area contributed by atoms with Crippen molar-refractivity contribution >= 4 is 21.7 Å². The Morgan fingerprint density at radius 3 is 2.33 bits per heavy atom. The van der Waals surface area contributed by atoms with Crippen molar-refractivity contribution in [3.63, 3.8) is 0 Å². The third-order valence-electron chi connectivity index (χ3n) is 4.33. The first-order valence-electron chi connectivity index (χ1n) is 9.06. The summed E-state index contributed by atoms with van der Waals surface area (Å²) in [5.74, 6) is -0.502. The molecule has 24 heavy (non-hydrogen) atoms. The van der Waals surface area contributed by atoms with Gasteiger partial charge in [-0.3, -0.25) is 0 Å². The van der Waals surface area contributed by atoms with Gasteiger partial charge in [-0.2, -0.15) is 9.52 Å². The normalized spacial score (nSPS) is 18.4. The van der Waals surface area contributed by atoms with E-state index in [0.717, 1.165) is 29.4 Å². The lowest BCUT2D eigenvalue weighted by atomic mass is 10.1. The fraction of sp³-hybridized carbons (Fsp3) is 0.882. The molecule has 140 valence electrons. The van der Waals surface area contributed by atoms with Gasteiger partial charge >= 0.3 is 5.97 Å². The number of esters is 1. The zero-order chi connectivity index (χ0) is 18.0. The summed E-state index contributed by atoms with van der Waals surface area (Å²) in [4.78, 5) is 11.8. The van der Waals surface area contributed by atoms with Crippen molar-refractivity contribution in [2.45, 2.75) is 84.1 Å². The fourth-order valence-electron chi connectivity index (χ4n) is 2.86. The second-order valence-electron chi connectivity index (χ2n) is 6.48. The predicted molar refractivity (Wildman–Crippen MR) is 96.4 cm³/mol. The van der Waals surface area contributed by atoms with E-state index >= 15 is 0 Å². The van der Waals surface area contributed by atoms with Gasteiger partial charge < -0.3 is 4.74 Å². The Kier molecular flexibility index (Phi) is 9.33. The van der Waals surface area contributed by atoms with Gasteiger partial charge in [0.2, 0.25) is 0 Å². The second-order valence-corrected chi connectivity index (χ2v) is 8.42. The molecule has 1 unspecified atom stereocenters. The monoisotopic (exact) mass is 360 g/mol. The molecule has 6 nitrogen and oxygen atoms in total. The van der Waals surface area contributed by atoms with Crippen molar-refractivity contribution in [2.24, 2.45) is 5.10 Å². The van der Waals surface area contributed by atoms with Gasteiger partial charge in [0.15, 0.2) is 6.04 Å². The van der Waals surface area contributed by atoms with Crippen LogP contribution in [0.5, 0.6) is 0 Å². The number of unbranched alkanes of at least 4 members (excludes halogenated alkanes) is 7. The minimum absolute atomic E-state index is 0.0340. The van der Waals surface area contributed by atoms with E-state index < -0.39 is 22.0 Å². The van der Waals surface area contributed by atoms with Crippen LogP contribution in [0.3, 0.4) is 0 Å². The Morgan fingerprint density at radius 2 is 1.75 bits per heavy atom. The molecular formula is C17H32N2O4S. The number of nitrogens with zero attached hydrogens (tertiary/aromatic N) is 2. The SMILES string of the molecule is CCCCCCCCCCS(=O)(=O)N1N=C(C)CCC1C(=O)OC. The molecule has 1 aliphatic rings. The lowest BCUT2D eigenvalue weighted by Crippen LogP contribution is -2.46. The molecule has 0 amide bonds. The molecule has 7 heteroatoms. The first kappa shape index (κ1) is 20.9. The summed E-state index contributed by atoms with van der Waals surface area (Å²) < 4.78 is 30.8. The number of hydrazone groups is 1. The third kappa shape index (κ3) is 6.79. The van der Waals surface area contributed by atoms with Gasteiger partial charge in [0.1, 0.15) is 0 Å². The van der Waals surface area contributed by atoms with Crippen LogP contribution in [-0.4, -0.2) is 43.4 Å². The molecule has 1 aliphatic heterocycles. The zero-order valence-corrected chi connectivity index (χ0v) is 16.1. The van der Waals surface area contributed by atoms with Crippen molar-refractivity contribution < 1.29 is 17.9 Å². The molecule has 0 saturated carbocycles. The summed E-state index contributed by atoms with van der Waals surface area (Å²) in [7, 11) is -2.30. The van der Waals surface area contributed by atoms with Gasteiger partial charge in [-0.15, -0.1) is 0 Å². The van der Waals surface area contributed by atoms with Gasteiger partial charge in [0, 0.05) is 5.71 Å².